The van der Waals surface area contributed by atoms with Gasteiger partial charge in [-0.05, 0) is 43.5 Å². The molecule has 0 aliphatic carbocycles. The maximum Gasteiger partial charge on any atom is 0.404 e. The number of methoxy groups -OCH3 is 1. The Kier molecular flexibility index (Phi) is 10.5. The lowest BCUT2D eigenvalue weighted by Crippen LogP contribution is -2.36. The molecule has 2 bridgehead atoms. The van der Waals surface area contributed by atoms with E-state index in [2.05, 4.69) is 5.32 Å². The predicted octanol–water partition coefficient (Wildman–Crippen LogP) is 2.95. The molecular weight excluding hydrogens is 452 g/mol. The largest absolute Gasteiger partial charge is 0.508 e. The Morgan fingerprint density at radius 1 is 1.20 bits per heavy atom. The molecule has 1 aromatic carbocycles. The lowest BCUT2D eigenvalue weighted by Gasteiger charge is -2.27. The van der Waals surface area contributed by atoms with Crippen molar-refractivity contribution in [3.05, 3.63) is 59.2 Å². The fourth-order valence-electron chi connectivity index (χ4n) is 4.00. The summed E-state index contributed by atoms with van der Waals surface area (Å²) in [6.07, 6.45) is 2.83. The summed E-state index contributed by atoms with van der Waals surface area (Å²) in [5.74, 6) is -0.833. The quantitative estimate of drug-likeness (QED) is 0.401. The normalized spacial score (nSPS) is 30.8. The molecule has 0 saturated heterocycles. The van der Waals surface area contributed by atoms with Gasteiger partial charge in [0.2, 0.25) is 5.91 Å². The molecule has 0 saturated carbocycles. The summed E-state index contributed by atoms with van der Waals surface area (Å²) in [4.78, 5) is 24.0. The zero-order valence-corrected chi connectivity index (χ0v) is 20.6. The van der Waals surface area contributed by atoms with E-state index in [1.165, 1.54) is 13.2 Å². The van der Waals surface area contributed by atoms with Crippen LogP contribution in [0.15, 0.2) is 53.6 Å². The van der Waals surface area contributed by atoms with Gasteiger partial charge in [-0.1, -0.05) is 36.8 Å². The molecule has 0 unspecified atom stereocenters. The van der Waals surface area contributed by atoms with Crippen LogP contribution in [-0.4, -0.2) is 58.8 Å². The van der Waals surface area contributed by atoms with E-state index in [0.717, 1.165) is 11.1 Å². The number of anilines is 1. The fraction of sp³-hybridized carbons (Fsp3) is 0.462. The molecule has 5 atom stereocenters. The van der Waals surface area contributed by atoms with Gasteiger partial charge in [-0.15, -0.1) is 0 Å². The molecule has 0 radical (unpaired) electrons. The molecule has 6 N–H and O–H groups in total. The number of rotatable bonds is 2. The number of phenols is 1. The minimum Gasteiger partial charge on any atom is -0.508 e. The van der Waals surface area contributed by atoms with Crippen molar-refractivity contribution in [1.29, 1.82) is 0 Å². The molecule has 2 rings (SSSR count). The smallest absolute Gasteiger partial charge is 0.404 e. The van der Waals surface area contributed by atoms with E-state index in [1.54, 1.807) is 44.2 Å². The van der Waals surface area contributed by atoms with Crippen molar-refractivity contribution in [2.24, 2.45) is 11.7 Å². The van der Waals surface area contributed by atoms with Crippen molar-refractivity contribution in [2.75, 3.05) is 12.4 Å². The summed E-state index contributed by atoms with van der Waals surface area (Å²) in [6.45, 7) is 5.34. The van der Waals surface area contributed by atoms with Crippen molar-refractivity contribution < 1.29 is 34.4 Å². The number of primary amides is 1. The number of phenolic OH excluding ortho intramolecular Hbond substituents is 1. The summed E-state index contributed by atoms with van der Waals surface area (Å²) in [5, 5.41) is 34.1. The molecule has 1 heterocycles. The van der Waals surface area contributed by atoms with Crippen LogP contribution < -0.4 is 11.1 Å². The van der Waals surface area contributed by atoms with E-state index >= 15 is 0 Å². The first-order valence-corrected chi connectivity index (χ1v) is 11.5. The number of amides is 2. The van der Waals surface area contributed by atoms with E-state index in [0.29, 0.717) is 17.7 Å². The van der Waals surface area contributed by atoms with Crippen molar-refractivity contribution in [3.63, 3.8) is 0 Å². The molecule has 1 aromatic rings. The minimum atomic E-state index is -1.09. The van der Waals surface area contributed by atoms with E-state index in [-0.39, 0.29) is 18.6 Å². The second kappa shape index (κ2) is 13.1. The third-order valence-electron chi connectivity index (χ3n) is 5.84. The Balaban J connectivity index is 2.43. The number of aliphatic hydroxyl groups excluding tert-OH is 2. The molecule has 192 valence electrons. The number of aromatic hydroxyl groups is 1. The van der Waals surface area contributed by atoms with Crippen LogP contribution in [0.4, 0.5) is 10.5 Å². The number of hydrogen-bond donors (Lipinski definition) is 5. The van der Waals surface area contributed by atoms with Gasteiger partial charge >= 0.3 is 6.09 Å². The highest BCUT2D eigenvalue weighted by atomic mass is 16.6. The van der Waals surface area contributed by atoms with Crippen molar-refractivity contribution in [3.8, 4) is 5.75 Å². The van der Waals surface area contributed by atoms with Crippen LogP contribution in [0.1, 0.15) is 39.2 Å². The molecule has 0 aromatic heterocycles. The number of fused-ring (bicyclic) bond motifs is 2. The van der Waals surface area contributed by atoms with Crippen LogP contribution in [0.5, 0.6) is 5.75 Å². The summed E-state index contributed by atoms with van der Waals surface area (Å²) in [7, 11) is 1.47. The highest BCUT2D eigenvalue weighted by Gasteiger charge is 2.27. The molecule has 1 aliphatic rings. The Morgan fingerprint density at radius 3 is 2.57 bits per heavy atom. The summed E-state index contributed by atoms with van der Waals surface area (Å²) < 4.78 is 10.7. The van der Waals surface area contributed by atoms with Gasteiger partial charge in [-0.3, -0.25) is 4.79 Å². The van der Waals surface area contributed by atoms with Crippen LogP contribution in [0.2, 0.25) is 0 Å². The lowest BCUT2D eigenvalue weighted by atomic mass is 9.93. The number of allylic oxidation sites excluding steroid dienone is 3. The Labute approximate surface area is 205 Å². The van der Waals surface area contributed by atoms with E-state index in [1.807, 2.05) is 13.0 Å². The molecule has 2 amide bonds. The second-order valence-corrected chi connectivity index (χ2v) is 8.98. The van der Waals surface area contributed by atoms with Gasteiger partial charge in [-0.2, -0.15) is 0 Å². The number of aliphatic hydroxyl groups is 2. The average Bonchev–Trinajstić information content (AvgIpc) is 2.74. The van der Waals surface area contributed by atoms with Crippen molar-refractivity contribution >= 4 is 17.7 Å². The number of carbonyl (C=O) groups excluding carboxylic acids is 2. The standard InChI is InChI=1S/C26H36N2O7/c1-15-6-5-7-23(34-4)22(31)13-24(35-26(27)33)17(3)9-16(2)21(30)14-25(32)28-19-10-18(8-15)11-20(29)12-19/h5-7,9-12,17,21-24,29-31H,8,13-14H2,1-4H3,(H2,27,33)(H,28,32)/b7-5+,15-6+,16-9+/t17-,21-,22+,23+,24-/m0/s1. The predicted molar refractivity (Wildman–Crippen MR) is 133 cm³/mol. The maximum absolute atomic E-state index is 12.5. The summed E-state index contributed by atoms with van der Waals surface area (Å²) in [5.41, 5.74) is 7.92. The van der Waals surface area contributed by atoms with Crippen LogP contribution in [0.25, 0.3) is 0 Å². The Bertz CT molecular complexity index is 986. The van der Waals surface area contributed by atoms with Crippen LogP contribution in [0, 0.1) is 5.92 Å². The zero-order chi connectivity index (χ0) is 26.1. The van der Waals surface area contributed by atoms with Gasteiger partial charge in [0.1, 0.15) is 18.0 Å². The van der Waals surface area contributed by atoms with E-state index in [4.69, 9.17) is 15.2 Å². The number of carbonyl (C=O) groups is 2. The zero-order valence-electron chi connectivity index (χ0n) is 20.6. The highest BCUT2D eigenvalue weighted by molar-refractivity contribution is 5.91. The van der Waals surface area contributed by atoms with Gasteiger partial charge in [0, 0.05) is 31.2 Å². The van der Waals surface area contributed by atoms with E-state index in [9.17, 15) is 24.9 Å². The molecule has 9 nitrogen and oxygen atoms in total. The SMILES string of the molecule is CO[C@@H]1/C=C/C=C(\C)Cc2cc(O)cc(c2)NC(=O)C[C@H](O)/C(C)=C/[C@H](C)[C@@H](OC(N)=O)C[C@H]1O. The van der Waals surface area contributed by atoms with Crippen LogP contribution in [0.3, 0.4) is 0 Å². The monoisotopic (exact) mass is 488 g/mol. The highest BCUT2D eigenvalue weighted by Crippen LogP contribution is 2.24. The van der Waals surface area contributed by atoms with Gasteiger partial charge < -0.3 is 35.8 Å². The Morgan fingerprint density at radius 2 is 1.91 bits per heavy atom. The number of hydrogen-bond acceptors (Lipinski definition) is 7. The molecule has 9 heteroatoms. The third kappa shape index (κ3) is 9.20. The Hall–Kier alpha value is -3.14. The van der Waals surface area contributed by atoms with Crippen LogP contribution >= 0.6 is 0 Å². The average molecular weight is 489 g/mol. The number of ether oxygens (including phenoxy) is 2. The molecule has 0 spiro atoms. The lowest BCUT2D eigenvalue weighted by molar-refractivity contribution is -0.117. The molecule has 0 fully saturated rings. The molecule has 35 heavy (non-hydrogen) atoms. The number of nitrogens with two attached hydrogens (primary N) is 1. The fourth-order valence-corrected chi connectivity index (χ4v) is 4.00. The molecule has 1 aliphatic heterocycles. The van der Waals surface area contributed by atoms with Gasteiger partial charge in [0.15, 0.2) is 0 Å². The van der Waals surface area contributed by atoms with Crippen molar-refractivity contribution in [1.82, 2.24) is 0 Å². The van der Waals surface area contributed by atoms with Gasteiger partial charge in [0.25, 0.3) is 0 Å². The summed E-state index contributed by atoms with van der Waals surface area (Å²) >= 11 is 0. The number of benzene rings is 1. The van der Waals surface area contributed by atoms with E-state index < -0.39 is 42.3 Å². The molecular formula is C26H36N2O7. The first-order chi connectivity index (χ1) is 16.5. The van der Waals surface area contributed by atoms with Crippen molar-refractivity contribution in [2.45, 2.75) is 64.4 Å². The first-order valence-electron chi connectivity index (χ1n) is 11.5. The summed E-state index contributed by atoms with van der Waals surface area (Å²) in [6, 6.07) is 4.82. The maximum atomic E-state index is 12.5. The van der Waals surface area contributed by atoms with Crippen LogP contribution in [-0.2, 0) is 20.7 Å². The number of nitrogens with one attached hydrogen (secondary N) is 1. The minimum absolute atomic E-state index is 0.0144. The third-order valence-corrected chi connectivity index (χ3v) is 5.84. The topological polar surface area (TPSA) is 151 Å². The first kappa shape index (κ1) is 28.1. The second-order valence-electron chi connectivity index (χ2n) is 8.98. The van der Waals surface area contributed by atoms with Gasteiger partial charge in [0.05, 0.1) is 18.6 Å². The van der Waals surface area contributed by atoms with Gasteiger partial charge in [-0.25, -0.2) is 4.79 Å².